The number of carbonyl (C=O) groups excluding carboxylic acids is 1. The Morgan fingerprint density at radius 3 is 2.33 bits per heavy atom. The zero-order valence-corrected chi connectivity index (χ0v) is 24.9. The highest BCUT2D eigenvalue weighted by molar-refractivity contribution is 7.89. The van der Waals surface area contributed by atoms with E-state index in [2.05, 4.69) is 5.32 Å². The predicted molar refractivity (Wildman–Crippen MR) is 151 cm³/mol. The van der Waals surface area contributed by atoms with Gasteiger partial charge in [0.05, 0.1) is 21.0 Å². The van der Waals surface area contributed by atoms with Crippen molar-refractivity contribution in [3.05, 3.63) is 64.9 Å². The number of alkyl halides is 2. The number of sulfonamides is 1. The summed E-state index contributed by atoms with van der Waals surface area (Å²) in [5.74, 6) is -2.89. The first-order chi connectivity index (χ1) is 19.6. The molecule has 2 bridgehead atoms. The first-order valence-corrected chi connectivity index (χ1v) is 16.0. The van der Waals surface area contributed by atoms with Crippen molar-refractivity contribution in [2.75, 3.05) is 6.54 Å². The van der Waals surface area contributed by atoms with E-state index in [-0.39, 0.29) is 35.2 Å². The Labute approximate surface area is 248 Å². The number of likely N-dealkylation sites (tertiary alicyclic amines) is 1. The lowest BCUT2D eigenvalue weighted by atomic mass is 9.38. The van der Waals surface area contributed by atoms with E-state index >= 15 is 0 Å². The average molecular weight is 621 g/mol. The minimum absolute atomic E-state index is 0.0183. The summed E-state index contributed by atoms with van der Waals surface area (Å²) in [6, 6.07) is 11.7. The van der Waals surface area contributed by atoms with Gasteiger partial charge in [-0.05, 0) is 69.4 Å². The Bertz CT molecular complexity index is 1600. The molecule has 1 amide bonds. The van der Waals surface area contributed by atoms with E-state index in [1.807, 2.05) is 13.8 Å². The number of amidine groups is 1. The molecular formula is C30H32ClF3N4O3S. The SMILES string of the molecule is CC1(C)NC(C23CC(N(Cc4ccc(Cl)c(F)c4)S(=O)(=O)c4ccccc4)(C2)C3)=N[C@H]1C(=O)N1CCC12CC(F)(F)C2. The Balaban J connectivity index is 1.13. The molecule has 0 unspecified atom stereocenters. The van der Waals surface area contributed by atoms with Crippen LogP contribution in [-0.4, -0.2) is 64.5 Å². The number of halogens is 4. The van der Waals surface area contributed by atoms with Crippen molar-refractivity contribution in [1.29, 1.82) is 0 Å². The van der Waals surface area contributed by atoms with Crippen LogP contribution in [0.15, 0.2) is 58.4 Å². The fraction of sp³-hybridized carbons (Fsp3) is 0.533. The largest absolute Gasteiger partial charge is 0.366 e. The zero-order chi connectivity index (χ0) is 29.9. The minimum atomic E-state index is -3.93. The van der Waals surface area contributed by atoms with Gasteiger partial charge in [0.25, 0.3) is 5.92 Å². The Morgan fingerprint density at radius 2 is 1.76 bits per heavy atom. The molecule has 8 rings (SSSR count). The number of carbonyl (C=O) groups is 1. The number of benzene rings is 2. The molecule has 0 aromatic heterocycles. The van der Waals surface area contributed by atoms with Gasteiger partial charge >= 0.3 is 0 Å². The fourth-order valence-corrected chi connectivity index (χ4v) is 9.82. The molecule has 2 aliphatic heterocycles. The molecule has 1 atom stereocenters. The van der Waals surface area contributed by atoms with Crippen LogP contribution in [0, 0.1) is 11.2 Å². The normalized spacial score (nSPS) is 31.4. The number of amides is 1. The zero-order valence-electron chi connectivity index (χ0n) is 23.3. The van der Waals surface area contributed by atoms with Crippen LogP contribution in [-0.2, 0) is 21.4 Å². The second kappa shape index (κ2) is 8.72. The van der Waals surface area contributed by atoms with Gasteiger partial charge in [-0.1, -0.05) is 35.9 Å². The minimum Gasteiger partial charge on any atom is -0.366 e. The van der Waals surface area contributed by atoms with Gasteiger partial charge in [0, 0.05) is 36.9 Å². The van der Waals surface area contributed by atoms with Gasteiger partial charge in [-0.25, -0.2) is 21.6 Å². The highest BCUT2D eigenvalue weighted by Crippen LogP contribution is 2.71. The van der Waals surface area contributed by atoms with Crippen LogP contribution in [0.3, 0.4) is 0 Å². The van der Waals surface area contributed by atoms with Crippen LogP contribution in [0.4, 0.5) is 13.2 Å². The van der Waals surface area contributed by atoms with Gasteiger partial charge in [-0.15, -0.1) is 0 Å². The van der Waals surface area contributed by atoms with E-state index in [9.17, 15) is 26.4 Å². The van der Waals surface area contributed by atoms with Crippen LogP contribution in [0.2, 0.25) is 5.02 Å². The third kappa shape index (κ3) is 3.99. The van der Waals surface area contributed by atoms with E-state index in [1.165, 1.54) is 16.4 Å². The quantitative estimate of drug-likeness (QED) is 0.465. The Hall–Kier alpha value is -2.63. The monoisotopic (exact) mass is 620 g/mol. The van der Waals surface area contributed by atoms with E-state index in [4.69, 9.17) is 16.6 Å². The maximum Gasteiger partial charge on any atom is 0.252 e. The molecule has 6 aliphatic rings. The van der Waals surface area contributed by atoms with Crippen LogP contribution >= 0.6 is 11.6 Å². The lowest BCUT2D eigenvalue weighted by Gasteiger charge is -2.73. The van der Waals surface area contributed by atoms with Crippen molar-refractivity contribution < 1.29 is 26.4 Å². The van der Waals surface area contributed by atoms with E-state index < -0.39 is 49.8 Å². The summed E-state index contributed by atoms with van der Waals surface area (Å²) in [4.78, 5) is 20.2. The number of aliphatic imine (C=N–C) groups is 1. The molecule has 4 aliphatic carbocycles. The highest BCUT2D eigenvalue weighted by atomic mass is 35.5. The van der Waals surface area contributed by atoms with Crippen LogP contribution in [0.25, 0.3) is 0 Å². The predicted octanol–water partition coefficient (Wildman–Crippen LogP) is 5.14. The summed E-state index contributed by atoms with van der Waals surface area (Å²) in [6.45, 7) is 4.21. The Morgan fingerprint density at radius 1 is 1.10 bits per heavy atom. The average Bonchev–Trinajstić information content (AvgIpc) is 3.17. The summed E-state index contributed by atoms with van der Waals surface area (Å²) in [5.41, 5.74) is -2.06. The smallest absolute Gasteiger partial charge is 0.252 e. The number of hydrogen-bond acceptors (Lipinski definition) is 5. The topological polar surface area (TPSA) is 82.1 Å². The molecule has 224 valence electrons. The van der Waals surface area contributed by atoms with Crippen molar-refractivity contribution >= 4 is 33.4 Å². The van der Waals surface area contributed by atoms with Crippen molar-refractivity contribution in [3.63, 3.8) is 0 Å². The highest BCUT2D eigenvalue weighted by Gasteiger charge is 2.75. The Kier molecular flexibility index (Phi) is 5.85. The molecule has 1 saturated heterocycles. The van der Waals surface area contributed by atoms with Crippen molar-refractivity contribution in [2.24, 2.45) is 10.4 Å². The van der Waals surface area contributed by atoms with Crippen LogP contribution in [0.1, 0.15) is 57.9 Å². The lowest BCUT2D eigenvalue weighted by molar-refractivity contribution is -0.216. The van der Waals surface area contributed by atoms with Crippen molar-refractivity contribution in [2.45, 2.75) is 92.4 Å². The van der Waals surface area contributed by atoms with E-state index in [0.29, 0.717) is 43.6 Å². The number of nitrogens with one attached hydrogen (secondary N) is 1. The molecule has 5 fully saturated rings. The summed E-state index contributed by atoms with van der Waals surface area (Å²) in [5, 5.41) is 3.40. The first-order valence-electron chi connectivity index (χ1n) is 14.2. The molecular weight excluding hydrogens is 589 g/mol. The first kappa shape index (κ1) is 28.2. The summed E-state index contributed by atoms with van der Waals surface area (Å²) >= 11 is 5.87. The molecule has 7 nitrogen and oxygen atoms in total. The number of rotatable bonds is 7. The van der Waals surface area contributed by atoms with E-state index in [0.717, 1.165) is 0 Å². The molecule has 12 heteroatoms. The molecule has 1 N–H and O–H groups in total. The maximum absolute atomic E-state index is 14.3. The van der Waals surface area contributed by atoms with Gasteiger partial charge in [0.15, 0.2) is 6.04 Å². The van der Waals surface area contributed by atoms with Gasteiger partial charge in [0.2, 0.25) is 15.9 Å². The van der Waals surface area contributed by atoms with Gasteiger partial charge < -0.3 is 10.2 Å². The van der Waals surface area contributed by atoms with Crippen LogP contribution < -0.4 is 5.32 Å². The molecule has 42 heavy (non-hydrogen) atoms. The molecule has 2 heterocycles. The summed E-state index contributed by atoms with van der Waals surface area (Å²) < 4.78 is 71.1. The van der Waals surface area contributed by atoms with Crippen LogP contribution in [0.5, 0.6) is 0 Å². The third-order valence-corrected chi connectivity index (χ3v) is 12.4. The van der Waals surface area contributed by atoms with Gasteiger partial charge in [0.1, 0.15) is 11.7 Å². The lowest BCUT2D eigenvalue weighted by Crippen LogP contribution is -2.78. The third-order valence-electron chi connectivity index (χ3n) is 10.1. The fourth-order valence-electron chi connectivity index (χ4n) is 7.92. The van der Waals surface area contributed by atoms with Crippen molar-refractivity contribution in [1.82, 2.24) is 14.5 Å². The van der Waals surface area contributed by atoms with E-state index in [1.54, 1.807) is 41.3 Å². The number of hydrogen-bond donors (Lipinski definition) is 1. The van der Waals surface area contributed by atoms with Gasteiger partial charge in [-0.2, -0.15) is 4.31 Å². The van der Waals surface area contributed by atoms with Gasteiger partial charge in [-0.3, -0.25) is 9.79 Å². The molecule has 2 aromatic carbocycles. The van der Waals surface area contributed by atoms with Crippen molar-refractivity contribution in [3.8, 4) is 0 Å². The molecule has 1 spiro atoms. The molecule has 4 saturated carbocycles. The number of nitrogens with zero attached hydrogens (tertiary/aromatic N) is 3. The molecule has 0 radical (unpaired) electrons. The maximum atomic E-state index is 14.3. The summed E-state index contributed by atoms with van der Waals surface area (Å²) in [7, 11) is -3.93. The standard InChI is InChI=1S/C30H32ClF3N4O3S/c1-26(2)23(24(39)37-11-10-28(37)17-30(33,34)18-28)35-25(36-26)27-14-29(15-27,16-27)38(13-19-8-9-21(31)22(32)12-19)42(40,41)20-6-4-3-5-7-20/h3-9,12,23H,10-11,13-18H2,1-2H3,(H,35,36)/t23-,27?,29?/m0/s1. The summed E-state index contributed by atoms with van der Waals surface area (Å²) in [6.07, 6.45) is 1.51. The second-order valence-corrected chi connectivity index (χ2v) is 15.8. The second-order valence-electron chi connectivity index (χ2n) is 13.5. The molecule has 2 aromatic rings.